The number of pyridine rings is 2. The molecule has 7 amide bonds. The summed E-state index contributed by atoms with van der Waals surface area (Å²) in [6.45, 7) is 9.79. The normalized spacial score (nSPS) is 16.2. The number of anilines is 1. The average molecular weight is 1760 g/mol. The van der Waals surface area contributed by atoms with Gasteiger partial charge in [-0.15, -0.1) is 5.10 Å². The maximum atomic E-state index is 14.2. The van der Waals surface area contributed by atoms with E-state index in [0.29, 0.717) is 178 Å². The van der Waals surface area contributed by atoms with Crippen molar-refractivity contribution in [1.82, 2.24) is 50.7 Å². The molecule has 39 heteroatoms. The van der Waals surface area contributed by atoms with Crippen molar-refractivity contribution >= 4 is 99.2 Å². The number of unbranched alkanes of at least 4 members (excludes halogenated alkanes) is 1. The van der Waals surface area contributed by atoms with E-state index in [-0.39, 0.29) is 112 Å². The van der Waals surface area contributed by atoms with E-state index in [9.17, 15) is 57.8 Å². The third kappa shape index (κ3) is 30.2. The molecule has 123 heavy (non-hydrogen) atoms. The van der Waals surface area contributed by atoms with Gasteiger partial charge in [-0.2, -0.15) is 0 Å². The zero-order valence-corrected chi connectivity index (χ0v) is 70.4. The fourth-order valence-corrected chi connectivity index (χ4v) is 13.9. The molecule has 6 heterocycles. The fraction of sp³-hybridized carbons (Fsp3) is 0.524. The smallest absolute Gasteiger partial charge is 0.508 e. The molecule has 9 N–H and O–H groups in total. The molecule has 0 bridgehead atoms. The van der Waals surface area contributed by atoms with Crippen LogP contribution in [-0.2, 0) is 151 Å². The zero-order valence-electron chi connectivity index (χ0n) is 68.9. The summed E-state index contributed by atoms with van der Waals surface area (Å²) in [6.07, 6.45) is 7.93. The third-order valence-electron chi connectivity index (χ3n) is 20.3. The number of alkyl halides is 2. The number of carboxylic acids is 1. The number of aliphatic carboxylic acids is 1. The van der Waals surface area contributed by atoms with Crippen LogP contribution >= 0.6 is 23.2 Å². The number of amides is 7. The first-order chi connectivity index (χ1) is 59.6. The van der Waals surface area contributed by atoms with Gasteiger partial charge in [0.05, 0.1) is 154 Å². The molecule has 1 aliphatic carbocycles. The lowest BCUT2D eigenvalue weighted by atomic mass is 9.81. The lowest BCUT2D eigenvalue weighted by Crippen LogP contribution is -2.54. The number of hydrogen-bond donors (Lipinski definition) is 8. The molecular weight excluding hydrogens is 1650 g/mol. The summed E-state index contributed by atoms with van der Waals surface area (Å²) in [7, 11) is 0. The van der Waals surface area contributed by atoms with E-state index in [1.807, 2.05) is 13.0 Å². The number of carbonyl (C=O) groups is 10. The van der Waals surface area contributed by atoms with E-state index in [1.54, 1.807) is 89.1 Å². The number of phenols is 1. The number of imide groups is 1. The van der Waals surface area contributed by atoms with Crippen molar-refractivity contribution in [2.24, 2.45) is 17.6 Å². The number of aromatic nitrogens is 5. The molecule has 1 fully saturated rings. The van der Waals surface area contributed by atoms with Crippen molar-refractivity contribution in [2.45, 2.75) is 133 Å². The van der Waals surface area contributed by atoms with Gasteiger partial charge in [-0.1, -0.05) is 84.7 Å². The Morgan fingerprint density at radius 1 is 0.675 bits per heavy atom. The first-order valence-electron chi connectivity index (χ1n) is 40.9. The summed E-state index contributed by atoms with van der Waals surface area (Å²) in [5.41, 5.74) is 9.19. The second-order valence-corrected chi connectivity index (χ2v) is 30.0. The van der Waals surface area contributed by atoms with E-state index in [4.69, 9.17) is 95.9 Å². The minimum Gasteiger partial charge on any atom is -0.508 e. The predicted octanol–water partition coefficient (Wildman–Crippen LogP) is 4.77. The molecule has 0 spiro atoms. The second kappa shape index (κ2) is 51.0. The molecule has 3 aromatic carbocycles. The number of nitrogens with two attached hydrogens (primary N) is 1. The summed E-state index contributed by atoms with van der Waals surface area (Å²) >= 11 is 9.56. The minimum absolute atomic E-state index is 0.0305. The number of hydrogen-bond acceptors (Lipinski definition) is 28. The van der Waals surface area contributed by atoms with Crippen LogP contribution in [0.25, 0.3) is 22.3 Å². The fourth-order valence-electron chi connectivity index (χ4n) is 13.9. The summed E-state index contributed by atoms with van der Waals surface area (Å²) in [5, 5.41) is 41.0. The highest BCUT2D eigenvalue weighted by Crippen LogP contribution is 2.43. The number of nitrogens with zero attached hydrogens (tertiary/aromatic N) is 6. The highest BCUT2D eigenvalue weighted by atomic mass is 35.5. The first-order valence-corrected chi connectivity index (χ1v) is 41.8. The van der Waals surface area contributed by atoms with Gasteiger partial charge in [0, 0.05) is 59.8 Å². The number of nitrogens with one attached hydrogen (secondary N) is 5. The van der Waals surface area contributed by atoms with Gasteiger partial charge in [0.15, 0.2) is 0 Å². The van der Waals surface area contributed by atoms with Crippen LogP contribution in [0.2, 0.25) is 0 Å². The van der Waals surface area contributed by atoms with E-state index in [2.05, 4.69) is 36.9 Å². The molecule has 6 aromatic rings. The second-order valence-electron chi connectivity index (χ2n) is 28.9. The molecule has 37 nitrogen and oxygen atoms in total. The first kappa shape index (κ1) is 96.4. The van der Waals surface area contributed by atoms with E-state index in [1.165, 1.54) is 23.1 Å². The molecule has 3 aliphatic heterocycles. The third-order valence-corrected chi connectivity index (χ3v) is 20.7. The molecule has 3 atom stereocenters. The average Bonchev–Trinajstić information content (AvgIpc) is 1.61. The summed E-state index contributed by atoms with van der Waals surface area (Å²) in [6, 6.07) is 19.6. The monoisotopic (exact) mass is 1750 g/mol. The number of fused-ring (bicyclic) bond motifs is 5. The van der Waals surface area contributed by atoms with Crippen LogP contribution in [0.15, 0.2) is 102 Å². The van der Waals surface area contributed by atoms with E-state index >= 15 is 0 Å². The van der Waals surface area contributed by atoms with Crippen molar-refractivity contribution in [3.05, 3.63) is 147 Å². The number of ether oxygens (including phenoxy) is 12. The van der Waals surface area contributed by atoms with Gasteiger partial charge in [0.25, 0.3) is 17.4 Å². The molecular formula is C84H108Cl2N12O25. The molecule has 3 aromatic heterocycles. The predicted molar refractivity (Wildman–Crippen MR) is 443 cm³/mol. The number of aromatic hydroxyl groups is 1. The van der Waals surface area contributed by atoms with Crippen LogP contribution in [0.5, 0.6) is 5.75 Å². The van der Waals surface area contributed by atoms with Crippen LogP contribution in [-0.4, -0.2) is 255 Å². The summed E-state index contributed by atoms with van der Waals surface area (Å²) < 4.78 is 70.1. The standard InChI is InChI=1S/C82H106N12O23.C2H2Cl2O2/c1-3-62-63-45-61(95)21-22-67(63)88-75-64(62)50-93-70(75)46-66-65(79(93)103)52-115-80(104)82(66,4-2)117-81(105)116-51-57-15-19-59(20-16-57)86-77(101)68(12-8-9-25-83)89-78(102)69(44-55-10-6-5-7-11-55)87-72(97)54-114-53-71(96)84-26-28-106-30-32-108-34-36-110-38-40-112-42-43-113-41-39-111-37-35-109-33-31-107-29-27-92-49-60(90-91-92)47-85-76(100)58-17-13-56(14-18-58)48-94-73(98)23-24-74(94)99;3-1(4)2(5)6/h5-7,10-11,15-16,19-24,45-46,49,56,58,68-69,95H,3-4,8-9,12-14,17-18,25-44,47-48,50-54,83H2,1-2H3,(H,84,96)(H,85,100)(H,86,101)(H,87,97)(H,89,102);1H,(H,5,6)/t56?,58?,68-,69-,82-;/m0./s1. The van der Waals surface area contributed by atoms with Crippen LogP contribution in [0.4, 0.5) is 10.5 Å². The van der Waals surface area contributed by atoms with Crippen molar-refractivity contribution in [3.63, 3.8) is 0 Å². The highest BCUT2D eigenvalue weighted by molar-refractivity contribution is 6.52. The number of phenolic OH excluding ortho intramolecular Hbond substituents is 1. The number of aryl methyl sites for hydroxylation is 1. The number of halogens is 2. The molecule has 668 valence electrons. The maximum absolute atomic E-state index is 14.2. The number of esters is 1. The molecule has 0 unspecified atom stereocenters. The van der Waals surface area contributed by atoms with Crippen molar-refractivity contribution in [2.75, 3.05) is 144 Å². The van der Waals surface area contributed by atoms with Crippen LogP contribution in [0.1, 0.15) is 104 Å². The van der Waals surface area contributed by atoms with Gasteiger partial charge in [0.1, 0.15) is 50.0 Å². The van der Waals surface area contributed by atoms with Gasteiger partial charge in [-0.25, -0.2) is 24.0 Å². The lowest BCUT2D eigenvalue weighted by Gasteiger charge is -2.35. The number of carbonyl (C=O) groups excluding carboxylic acids is 9. The molecule has 0 saturated heterocycles. The Morgan fingerprint density at radius 2 is 1.28 bits per heavy atom. The van der Waals surface area contributed by atoms with Gasteiger partial charge in [-0.05, 0) is 123 Å². The Kier molecular flexibility index (Phi) is 40.0. The lowest BCUT2D eigenvalue weighted by molar-refractivity contribution is -0.175. The molecule has 4 aliphatic rings. The van der Waals surface area contributed by atoms with Gasteiger partial charge < -0.3 is 104 Å². The summed E-state index contributed by atoms with van der Waals surface area (Å²) in [4.78, 5) is 146. The van der Waals surface area contributed by atoms with Gasteiger partial charge >= 0.3 is 18.1 Å². The van der Waals surface area contributed by atoms with Crippen molar-refractivity contribution < 1.29 is 115 Å². The Bertz CT molecular complexity index is 4570. The Balaban J connectivity index is 0.00000276. The van der Waals surface area contributed by atoms with Crippen LogP contribution < -0.4 is 37.9 Å². The van der Waals surface area contributed by atoms with Gasteiger partial charge in [-0.3, -0.25) is 43.3 Å². The molecule has 10 rings (SSSR count). The quantitative estimate of drug-likeness (QED) is 0.0110. The van der Waals surface area contributed by atoms with E-state index in [0.717, 1.165) is 34.9 Å². The van der Waals surface area contributed by atoms with Crippen LogP contribution in [0, 0.1) is 11.8 Å². The Hall–Kier alpha value is -10.4. The number of carboxylic acid groups (broad SMARTS) is 1. The van der Waals surface area contributed by atoms with E-state index < -0.39 is 83.0 Å². The largest absolute Gasteiger partial charge is 0.510 e. The van der Waals surface area contributed by atoms with Crippen LogP contribution in [0.3, 0.4) is 0 Å². The van der Waals surface area contributed by atoms with Crippen molar-refractivity contribution in [3.8, 4) is 17.1 Å². The number of cyclic esters (lactones) is 1. The SMILES string of the molecule is CCc1c2c(nc3ccc(O)cc13)-c1cc3c(c(=O)n1C2)COC(=O)[C@@]3(CC)OC(=O)OCc1ccc(NC(=O)[C@H](CCCCN)NC(=O)[C@H](Cc2ccccc2)NC(=O)COCC(=O)NCCOCCOCCOCCOCCOCCOCCOCCOCCn2cc(CNC(=O)C3CCC(CN4C(=O)C=CC4=O)CC3)nn2)cc1.O=C(O)C(Cl)Cl. The highest BCUT2D eigenvalue weighted by Gasteiger charge is 2.51. The van der Waals surface area contributed by atoms with Crippen molar-refractivity contribution in [1.29, 1.82) is 0 Å². The maximum Gasteiger partial charge on any atom is 0.510 e. The topological polar surface area (TPSA) is 477 Å². The number of benzene rings is 3. The Labute approximate surface area is 720 Å². The Morgan fingerprint density at radius 3 is 1.89 bits per heavy atom. The summed E-state index contributed by atoms with van der Waals surface area (Å²) in [5.74, 6) is -4.86. The minimum atomic E-state index is -2.03. The molecule has 1 saturated carbocycles. The zero-order chi connectivity index (χ0) is 87.9. The van der Waals surface area contributed by atoms with Gasteiger partial charge in [0.2, 0.25) is 40.0 Å². The molecule has 0 radical (unpaired) electrons. The number of rotatable bonds is 53.